The first kappa shape index (κ1) is 19.1. The van der Waals surface area contributed by atoms with Gasteiger partial charge in [-0.25, -0.2) is 0 Å². The monoisotopic (exact) mass is 400 g/mol. The number of hydrogen-bond acceptors (Lipinski definition) is 3. The molecule has 1 aliphatic carbocycles. The minimum absolute atomic E-state index is 0.0773. The number of nitrogens with zero attached hydrogens (tertiary/aromatic N) is 3. The Hall–Kier alpha value is -2.92. The third kappa shape index (κ3) is 3.65. The summed E-state index contributed by atoms with van der Waals surface area (Å²) in [4.78, 5) is 15.5. The summed E-state index contributed by atoms with van der Waals surface area (Å²) in [6.45, 7) is 2.36. The van der Waals surface area contributed by atoms with Gasteiger partial charge in [0.1, 0.15) is 0 Å². The molecule has 1 amide bonds. The highest BCUT2D eigenvalue weighted by Gasteiger charge is 2.31. The number of benzene rings is 2. The van der Waals surface area contributed by atoms with Crippen LogP contribution in [-0.4, -0.2) is 33.2 Å². The largest absolute Gasteiger partial charge is 0.347 e. The van der Waals surface area contributed by atoms with E-state index in [1.807, 2.05) is 42.1 Å². The van der Waals surface area contributed by atoms with Crippen molar-refractivity contribution in [2.24, 2.45) is 7.05 Å². The third-order valence-electron chi connectivity index (χ3n) is 6.62. The molecule has 0 radical (unpaired) electrons. The van der Waals surface area contributed by atoms with Crippen LogP contribution in [-0.2, 0) is 39.4 Å². The molecule has 0 saturated heterocycles. The summed E-state index contributed by atoms with van der Waals surface area (Å²) in [6.07, 6.45) is 4.37. The molecule has 2 aliphatic rings. The van der Waals surface area contributed by atoms with E-state index in [2.05, 4.69) is 39.6 Å². The molecule has 0 fully saturated rings. The molecular weight excluding hydrogens is 372 g/mol. The number of carbonyl (C=O) groups is 1. The number of rotatable bonds is 4. The molecule has 3 aromatic rings. The van der Waals surface area contributed by atoms with E-state index in [-0.39, 0.29) is 5.91 Å². The molecule has 2 aromatic carbocycles. The summed E-state index contributed by atoms with van der Waals surface area (Å²) < 4.78 is 1.90. The van der Waals surface area contributed by atoms with Crippen molar-refractivity contribution in [2.45, 2.75) is 44.8 Å². The minimum atomic E-state index is -0.0773. The first-order valence-corrected chi connectivity index (χ1v) is 10.9. The van der Waals surface area contributed by atoms with Gasteiger partial charge in [-0.05, 0) is 36.0 Å². The smallest absolute Gasteiger partial charge is 0.272 e. The SMILES string of the molecule is Cn1nc(C(=O)NCc2ccccc2)c2c1CCN(C1CCc3ccccc3C1)C2. The van der Waals surface area contributed by atoms with Gasteiger partial charge >= 0.3 is 0 Å². The molecular formula is C25H28N4O. The topological polar surface area (TPSA) is 50.2 Å². The molecule has 0 bridgehead atoms. The van der Waals surface area contributed by atoms with Crippen LogP contribution in [0.4, 0.5) is 0 Å². The minimum Gasteiger partial charge on any atom is -0.347 e. The molecule has 1 aromatic heterocycles. The highest BCUT2D eigenvalue weighted by atomic mass is 16.1. The molecule has 1 aliphatic heterocycles. The maximum Gasteiger partial charge on any atom is 0.272 e. The summed E-state index contributed by atoms with van der Waals surface area (Å²) in [7, 11) is 1.96. The predicted molar refractivity (Wildman–Crippen MR) is 117 cm³/mol. The summed E-state index contributed by atoms with van der Waals surface area (Å²) >= 11 is 0. The lowest BCUT2D eigenvalue weighted by molar-refractivity contribution is 0.0941. The molecule has 154 valence electrons. The van der Waals surface area contributed by atoms with Crippen LogP contribution in [0.25, 0.3) is 0 Å². The van der Waals surface area contributed by atoms with Crippen molar-refractivity contribution in [3.63, 3.8) is 0 Å². The van der Waals surface area contributed by atoms with Gasteiger partial charge < -0.3 is 5.32 Å². The van der Waals surface area contributed by atoms with Crippen molar-refractivity contribution < 1.29 is 4.79 Å². The Morgan fingerprint density at radius 3 is 2.67 bits per heavy atom. The zero-order chi connectivity index (χ0) is 20.5. The van der Waals surface area contributed by atoms with Crippen LogP contribution in [0.1, 0.15) is 44.9 Å². The van der Waals surface area contributed by atoms with Crippen LogP contribution in [0.15, 0.2) is 54.6 Å². The van der Waals surface area contributed by atoms with E-state index in [0.29, 0.717) is 18.3 Å². The van der Waals surface area contributed by atoms with Gasteiger partial charge in [0.2, 0.25) is 0 Å². The number of aryl methyl sites for hydroxylation is 2. The molecule has 1 unspecified atom stereocenters. The standard InChI is InChI=1S/C25H28N4O/c1-28-23-13-14-29(21-12-11-19-9-5-6-10-20(19)15-21)17-22(23)24(27-28)25(30)26-16-18-7-3-2-4-8-18/h2-10,21H,11-17H2,1H3,(H,26,30). The van der Waals surface area contributed by atoms with Crippen LogP contribution in [0.3, 0.4) is 0 Å². The fraction of sp³-hybridized carbons (Fsp3) is 0.360. The quantitative estimate of drug-likeness (QED) is 0.731. The van der Waals surface area contributed by atoms with Gasteiger partial charge in [-0.1, -0.05) is 54.6 Å². The Kier molecular flexibility index (Phi) is 5.13. The highest BCUT2D eigenvalue weighted by molar-refractivity contribution is 5.94. The molecule has 1 N–H and O–H groups in total. The summed E-state index contributed by atoms with van der Waals surface area (Å²) in [5.41, 5.74) is 6.96. The van der Waals surface area contributed by atoms with Crippen LogP contribution >= 0.6 is 0 Å². The number of amides is 1. The number of aromatic nitrogens is 2. The molecule has 2 heterocycles. The molecule has 0 spiro atoms. The van der Waals surface area contributed by atoms with Crippen LogP contribution < -0.4 is 5.32 Å². The van der Waals surface area contributed by atoms with E-state index < -0.39 is 0 Å². The number of hydrogen-bond donors (Lipinski definition) is 1. The normalized spacial score (nSPS) is 18.5. The van der Waals surface area contributed by atoms with Gasteiger partial charge in [0.05, 0.1) is 0 Å². The number of carbonyl (C=O) groups excluding carboxylic acids is 1. The number of nitrogens with one attached hydrogen (secondary N) is 1. The van der Waals surface area contributed by atoms with Gasteiger partial charge in [0.25, 0.3) is 5.91 Å². The first-order chi connectivity index (χ1) is 14.7. The van der Waals surface area contributed by atoms with Gasteiger partial charge in [-0.3, -0.25) is 14.4 Å². The van der Waals surface area contributed by atoms with E-state index in [9.17, 15) is 4.79 Å². The molecule has 1 atom stereocenters. The Balaban J connectivity index is 1.32. The van der Waals surface area contributed by atoms with E-state index in [1.165, 1.54) is 23.2 Å². The van der Waals surface area contributed by atoms with Crippen molar-refractivity contribution in [3.8, 4) is 0 Å². The maximum absolute atomic E-state index is 12.9. The average Bonchev–Trinajstić information content (AvgIpc) is 3.14. The van der Waals surface area contributed by atoms with E-state index >= 15 is 0 Å². The second-order valence-electron chi connectivity index (χ2n) is 8.45. The summed E-state index contributed by atoms with van der Waals surface area (Å²) in [5.74, 6) is -0.0773. The fourth-order valence-electron chi connectivity index (χ4n) is 4.96. The Morgan fingerprint density at radius 1 is 1.07 bits per heavy atom. The highest BCUT2D eigenvalue weighted by Crippen LogP contribution is 2.29. The second kappa shape index (κ2) is 8.07. The van der Waals surface area contributed by atoms with Gasteiger partial charge in [0, 0.05) is 50.4 Å². The number of fused-ring (bicyclic) bond motifs is 2. The predicted octanol–water partition coefficient (Wildman–Crippen LogP) is 3.27. The van der Waals surface area contributed by atoms with E-state index in [1.54, 1.807) is 0 Å². The van der Waals surface area contributed by atoms with E-state index in [4.69, 9.17) is 0 Å². The molecule has 5 rings (SSSR count). The Morgan fingerprint density at radius 2 is 1.83 bits per heavy atom. The van der Waals surface area contributed by atoms with Crippen molar-refractivity contribution >= 4 is 5.91 Å². The first-order valence-electron chi connectivity index (χ1n) is 10.9. The summed E-state index contributed by atoms with van der Waals surface area (Å²) in [5, 5.41) is 7.65. The fourth-order valence-corrected chi connectivity index (χ4v) is 4.96. The summed E-state index contributed by atoms with van der Waals surface area (Å²) in [6, 6.07) is 19.4. The van der Waals surface area contributed by atoms with Crippen molar-refractivity contribution in [2.75, 3.05) is 6.54 Å². The van der Waals surface area contributed by atoms with Crippen molar-refractivity contribution in [3.05, 3.63) is 88.2 Å². The second-order valence-corrected chi connectivity index (χ2v) is 8.45. The average molecular weight is 401 g/mol. The van der Waals surface area contributed by atoms with Crippen LogP contribution in [0.5, 0.6) is 0 Å². The van der Waals surface area contributed by atoms with Crippen molar-refractivity contribution in [1.29, 1.82) is 0 Å². The molecule has 5 heteroatoms. The maximum atomic E-state index is 12.9. The lowest BCUT2D eigenvalue weighted by Gasteiger charge is -2.37. The molecule has 5 nitrogen and oxygen atoms in total. The molecule has 0 saturated carbocycles. The van der Waals surface area contributed by atoms with E-state index in [0.717, 1.165) is 43.5 Å². The Labute approximate surface area is 177 Å². The van der Waals surface area contributed by atoms with Gasteiger partial charge in [-0.2, -0.15) is 5.10 Å². The zero-order valence-corrected chi connectivity index (χ0v) is 17.5. The third-order valence-corrected chi connectivity index (χ3v) is 6.62. The Bertz CT molecular complexity index is 1060. The van der Waals surface area contributed by atoms with Crippen molar-refractivity contribution in [1.82, 2.24) is 20.0 Å². The lowest BCUT2D eigenvalue weighted by atomic mass is 9.86. The van der Waals surface area contributed by atoms with Gasteiger partial charge in [-0.15, -0.1) is 0 Å². The van der Waals surface area contributed by atoms with Crippen LogP contribution in [0, 0.1) is 0 Å². The molecule has 30 heavy (non-hydrogen) atoms. The van der Waals surface area contributed by atoms with Crippen LogP contribution in [0.2, 0.25) is 0 Å². The zero-order valence-electron chi connectivity index (χ0n) is 17.5. The lowest BCUT2D eigenvalue weighted by Crippen LogP contribution is -2.43. The van der Waals surface area contributed by atoms with Gasteiger partial charge in [0.15, 0.2) is 5.69 Å².